The van der Waals surface area contributed by atoms with E-state index in [1.165, 1.54) is 7.11 Å². The normalized spacial score (nSPS) is 11.6. The van der Waals surface area contributed by atoms with Crippen molar-refractivity contribution < 1.29 is 33.0 Å². The van der Waals surface area contributed by atoms with Crippen LogP contribution in [0.25, 0.3) is 11.0 Å². The van der Waals surface area contributed by atoms with Crippen molar-refractivity contribution in [3.63, 3.8) is 0 Å². The average molecular weight is 555 g/mol. The molecule has 4 aromatic rings. The average Bonchev–Trinajstić information content (AvgIpc) is 2.97. The van der Waals surface area contributed by atoms with Crippen molar-refractivity contribution in [1.82, 2.24) is 9.97 Å². The van der Waals surface area contributed by atoms with Crippen molar-refractivity contribution >= 4 is 39.3 Å². The molecule has 206 valence electrons. The summed E-state index contributed by atoms with van der Waals surface area (Å²) in [7, 11) is 2.99. The number of nitrogens with zero attached hydrogens (tertiary/aromatic N) is 2. The van der Waals surface area contributed by atoms with Crippen LogP contribution in [0.3, 0.4) is 0 Å². The van der Waals surface area contributed by atoms with Crippen LogP contribution in [0.5, 0.6) is 23.0 Å². The second-order valence-corrected chi connectivity index (χ2v) is 9.18. The summed E-state index contributed by atoms with van der Waals surface area (Å²) in [6.45, 7) is 0.597. The molecule has 0 bridgehead atoms. The zero-order valence-corrected chi connectivity index (χ0v) is 22.6. The summed E-state index contributed by atoms with van der Waals surface area (Å²) in [4.78, 5) is 9.95. The van der Waals surface area contributed by atoms with E-state index < -0.39 is 11.0 Å². The van der Waals surface area contributed by atoms with E-state index in [2.05, 4.69) is 15.0 Å². The molecule has 11 nitrogen and oxygen atoms in total. The Morgan fingerprint density at radius 1 is 0.821 bits per heavy atom. The number of rotatable bonds is 14. The predicted octanol–water partition coefficient (Wildman–Crippen LogP) is 3.92. The molecule has 0 fully saturated rings. The van der Waals surface area contributed by atoms with E-state index in [4.69, 9.17) is 33.8 Å². The maximum Gasteiger partial charge on any atom is 0.185 e. The second kappa shape index (κ2) is 13.6. The highest BCUT2D eigenvalue weighted by Gasteiger charge is 2.19. The number of aliphatic hydroxyl groups is 1. The topological polar surface area (TPSA) is 133 Å². The van der Waals surface area contributed by atoms with Crippen LogP contribution >= 0.6 is 0 Å². The number of aromatic nitrogens is 2. The summed E-state index contributed by atoms with van der Waals surface area (Å²) in [5.74, 6) is 2.56. The smallest absolute Gasteiger partial charge is 0.185 e. The molecule has 39 heavy (non-hydrogen) atoms. The number of aliphatic hydroxyl groups excluding tert-OH is 1. The molecule has 0 amide bonds. The third-order valence-electron chi connectivity index (χ3n) is 5.48. The molecule has 0 aliphatic heterocycles. The zero-order valence-electron chi connectivity index (χ0n) is 21.8. The van der Waals surface area contributed by atoms with E-state index in [-0.39, 0.29) is 32.2 Å². The van der Waals surface area contributed by atoms with E-state index >= 15 is 0 Å². The fourth-order valence-electron chi connectivity index (χ4n) is 3.59. The number of hydrogen-bond donors (Lipinski definition) is 3. The summed E-state index contributed by atoms with van der Waals surface area (Å²) in [6, 6.07) is 17.7. The quantitative estimate of drug-likeness (QED) is 0.197. The Morgan fingerprint density at radius 2 is 1.51 bits per heavy atom. The van der Waals surface area contributed by atoms with Crippen LogP contribution in [0.2, 0.25) is 0 Å². The Hall–Kier alpha value is -4.13. The molecule has 1 atom stereocenters. The second-order valence-electron chi connectivity index (χ2n) is 7.97. The lowest BCUT2D eigenvalue weighted by molar-refractivity contribution is 0.0700. The monoisotopic (exact) mass is 554 g/mol. The molecule has 0 aliphatic rings. The van der Waals surface area contributed by atoms with E-state index in [1.807, 2.05) is 24.3 Å². The molecule has 3 aromatic carbocycles. The Morgan fingerprint density at radius 3 is 2.15 bits per heavy atom. The van der Waals surface area contributed by atoms with Gasteiger partial charge in [-0.05, 0) is 36.4 Å². The Labute approximate surface area is 228 Å². The van der Waals surface area contributed by atoms with Crippen molar-refractivity contribution in [3.05, 3.63) is 60.7 Å². The molecular formula is C27H30N4O7S. The van der Waals surface area contributed by atoms with Gasteiger partial charge in [-0.1, -0.05) is 12.1 Å². The Balaban J connectivity index is 1.70. The van der Waals surface area contributed by atoms with Crippen LogP contribution < -0.4 is 29.0 Å². The minimum atomic E-state index is -1.65. The fourth-order valence-corrected chi connectivity index (χ4v) is 4.41. The van der Waals surface area contributed by atoms with Gasteiger partial charge in [0, 0.05) is 12.1 Å². The number of ether oxygens (including phenoxy) is 5. The first kappa shape index (κ1) is 27.9. The maximum atomic E-state index is 13.2. The van der Waals surface area contributed by atoms with Crippen LogP contribution in [-0.4, -0.2) is 67.0 Å². The maximum absolute atomic E-state index is 13.2. The van der Waals surface area contributed by atoms with Gasteiger partial charge in [0.15, 0.2) is 34.1 Å². The fraction of sp³-hybridized carbons (Fsp3) is 0.259. The lowest BCUT2D eigenvalue weighted by Gasteiger charge is -2.19. The lowest BCUT2D eigenvalue weighted by atomic mass is 10.2. The number of hydrogen-bond acceptors (Lipinski definition) is 10. The third kappa shape index (κ3) is 7.05. The van der Waals surface area contributed by atoms with Crippen molar-refractivity contribution in [2.24, 2.45) is 0 Å². The number of benzene rings is 3. The highest BCUT2D eigenvalue weighted by atomic mass is 32.2. The molecule has 4 rings (SSSR count). The van der Waals surface area contributed by atoms with E-state index in [9.17, 15) is 4.21 Å². The zero-order chi connectivity index (χ0) is 27.6. The number of anilines is 3. The summed E-state index contributed by atoms with van der Waals surface area (Å²) < 4.78 is 43.7. The van der Waals surface area contributed by atoms with Crippen LogP contribution in [0.15, 0.2) is 65.6 Å². The minimum absolute atomic E-state index is 0.0764. The predicted molar refractivity (Wildman–Crippen MR) is 149 cm³/mol. The molecule has 1 aromatic heterocycles. The van der Waals surface area contributed by atoms with Gasteiger partial charge in [-0.2, -0.15) is 0 Å². The third-order valence-corrected chi connectivity index (χ3v) is 6.56. The molecule has 0 aliphatic carbocycles. The first-order valence-electron chi connectivity index (χ1n) is 12.0. The van der Waals surface area contributed by atoms with E-state index in [0.717, 1.165) is 0 Å². The number of nitrogens with one attached hydrogen (secondary N) is 2. The van der Waals surface area contributed by atoms with Crippen molar-refractivity contribution in [2.45, 2.75) is 4.90 Å². The van der Waals surface area contributed by atoms with Gasteiger partial charge >= 0.3 is 0 Å². The number of para-hydroxylation sites is 2. The van der Waals surface area contributed by atoms with Crippen molar-refractivity contribution in [3.8, 4) is 23.0 Å². The highest BCUT2D eigenvalue weighted by Crippen LogP contribution is 2.41. The minimum Gasteiger partial charge on any atom is -0.497 e. The van der Waals surface area contributed by atoms with Crippen LogP contribution in [0.1, 0.15) is 0 Å². The lowest BCUT2D eigenvalue weighted by Crippen LogP contribution is -2.12. The largest absolute Gasteiger partial charge is 0.497 e. The van der Waals surface area contributed by atoms with Gasteiger partial charge in [0.2, 0.25) is 0 Å². The molecule has 0 saturated heterocycles. The molecular weight excluding hydrogens is 524 g/mol. The molecule has 1 unspecified atom stereocenters. The first-order chi connectivity index (χ1) is 19.1. The molecule has 0 saturated carbocycles. The van der Waals surface area contributed by atoms with E-state index in [1.54, 1.807) is 50.6 Å². The molecule has 1 heterocycles. The van der Waals surface area contributed by atoms with Gasteiger partial charge < -0.3 is 34.1 Å². The summed E-state index contributed by atoms with van der Waals surface area (Å²) in [5.41, 5.74) is 1.74. The summed E-state index contributed by atoms with van der Waals surface area (Å²) >= 11 is 0. The standard InChI is InChI=1S/C27H30N4O7S/c1-34-18-8-10-20(11-9-18)39(33)31-27-26(28-21-6-4-5-7-22(21)29-27)30-23-16-19(35-2)17-24(36-3)25(23)38-15-14-37-13-12-32/h4-11,16-17,32H,12-15H2,1-3H3,(H,28,30)(H,29,31). The van der Waals surface area contributed by atoms with Crippen LogP contribution in [0, 0.1) is 0 Å². The van der Waals surface area contributed by atoms with Gasteiger partial charge in [-0.3, -0.25) is 4.72 Å². The Kier molecular flexibility index (Phi) is 9.73. The highest BCUT2D eigenvalue weighted by molar-refractivity contribution is 7.86. The van der Waals surface area contributed by atoms with Crippen molar-refractivity contribution in [1.29, 1.82) is 0 Å². The summed E-state index contributed by atoms with van der Waals surface area (Å²) in [6.07, 6.45) is 0. The molecule has 0 spiro atoms. The summed E-state index contributed by atoms with van der Waals surface area (Å²) in [5, 5.41) is 12.2. The Bertz CT molecular complexity index is 1420. The van der Waals surface area contributed by atoms with E-state index in [0.29, 0.717) is 50.4 Å². The van der Waals surface area contributed by atoms with Crippen LogP contribution in [-0.2, 0) is 15.7 Å². The van der Waals surface area contributed by atoms with Gasteiger partial charge in [0.05, 0.1) is 62.8 Å². The number of fused-ring (bicyclic) bond motifs is 1. The van der Waals surface area contributed by atoms with Gasteiger partial charge in [-0.25, -0.2) is 14.2 Å². The van der Waals surface area contributed by atoms with Crippen molar-refractivity contribution in [2.75, 3.05) is 57.8 Å². The van der Waals surface area contributed by atoms with Crippen LogP contribution in [0.4, 0.5) is 17.3 Å². The SMILES string of the molecule is COc1ccc(S(=O)Nc2nc3ccccc3nc2Nc2cc(OC)cc(OC)c2OCCOCCO)cc1. The molecule has 3 N–H and O–H groups in total. The molecule has 12 heteroatoms. The van der Waals surface area contributed by atoms with Gasteiger partial charge in [0.1, 0.15) is 18.1 Å². The first-order valence-corrected chi connectivity index (χ1v) is 13.1. The van der Waals surface area contributed by atoms with Gasteiger partial charge in [0.25, 0.3) is 0 Å². The van der Waals surface area contributed by atoms with Gasteiger partial charge in [-0.15, -0.1) is 0 Å². The molecule has 0 radical (unpaired) electrons. The number of methoxy groups -OCH3 is 3.